The molecule has 0 spiro atoms. The number of rotatable bonds is 0. The van der Waals surface area contributed by atoms with Gasteiger partial charge in [0.1, 0.15) is 13.2 Å². The van der Waals surface area contributed by atoms with Crippen LogP contribution in [0.3, 0.4) is 0 Å². The first-order valence-electron chi connectivity index (χ1n) is 4.22. The summed E-state index contributed by atoms with van der Waals surface area (Å²) in [6, 6.07) is 6.18. The number of esters is 2. The van der Waals surface area contributed by atoms with Crippen molar-refractivity contribution in [2.24, 2.45) is 0 Å². The highest BCUT2D eigenvalue weighted by molar-refractivity contribution is 5.93. The number of hydrogen-bond acceptors (Lipinski definition) is 4. The summed E-state index contributed by atoms with van der Waals surface area (Å²) in [5.41, 5.74) is 0.895. The molecular formula is C10H9ClO4. The Kier molecular flexibility index (Phi) is 3.68. The first kappa shape index (κ1) is 11.5. The number of benzene rings is 1. The van der Waals surface area contributed by atoms with Gasteiger partial charge < -0.3 is 9.47 Å². The fraction of sp³-hybridized carbons (Fsp3) is 0.200. The molecule has 2 bridgehead atoms. The van der Waals surface area contributed by atoms with E-state index < -0.39 is 11.9 Å². The van der Waals surface area contributed by atoms with Gasteiger partial charge in [0.15, 0.2) is 0 Å². The van der Waals surface area contributed by atoms with Crippen molar-refractivity contribution in [1.82, 2.24) is 0 Å². The smallest absolute Gasteiger partial charge is 0.338 e. The molecule has 0 N–H and O–H groups in total. The predicted octanol–water partition coefficient (Wildman–Crippen LogP) is 1.44. The minimum Gasteiger partial charge on any atom is -0.458 e. The third kappa shape index (κ3) is 2.47. The summed E-state index contributed by atoms with van der Waals surface area (Å²) in [5, 5.41) is 0. The molecule has 0 atom stereocenters. The lowest BCUT2D eigenvalue weighted by molar-refractivity contribution is 0.0260. The summed E-state index contributed by atoms with van der Waals surface area (Å²) < 4.78 is 9.66. The Labute approximate surface area is 92.6 Å². The maximum absolute atomic E-state index is 11.3. The first-order valence-corrected chi connectivity index (χ1v) is 4.22. The number of ether oxygens (including phenoxy) is 2. The van der Waals surface area contributed by atoms with Gasteiger partial charge in [-0.25, -0.2) is 9.59 Å². The molecule has 0 radical (unpaired) electrons. The highest BCUT2D eigenvalue weighted by Gasteiger charge is 2.13. The molecule has 0 aliphatic carbocycles. The zero-order valence-electron chi connectivity index (χ0n) is 7.76. The van der Waals surface area contributed by atoms with Crippen molar-refractivity contribution < 1.29 is 19.1 Å². The molecule has 0 fully saturated rings. The van der Waals surface area contributed by atoms with Crippen LogP contribution in [-0.2, 0) is 9.47 Å². The molecule has 0 saturated heterocycles. The van der Waals surface area contributed by atoms with E-state index in [4.69, 9.17) is 9.47 Å². The van der Waals surface area contributed by atoms with Gasteiger partial charge in [0, 0.05) is 0 Å². The molecule has 3 rings (SSSR count). The van der Waals surface area contributed by atoms with Crippen LogP contribution in [0.25, 0.3) is 0 Å². The lowest BCUT2D eigenvalue weighted by atomic mass is 10.1. The molecule has 15 heavy (non-hydrogen) atoms. The monoisotopic (exact) mass is 228 g/mol. The molecule has 0 amide bonds. The molecular weight excluding hydrogens is 220 g/mol. The molecule has 80 valence electrons. The van der Waals surface area contributed by atoms with Crippen molar-refractivity contribution in [3.8, 4) is 0 Å². The van der Waals surface area contributed by atoms with E-state index in [1.807, 2.05) is 0 Å². The van der Waals surface area contributed by atoms with E-state index in [9.17, 15) is 9.59 Å². The second-order valence-electron chi connectivity index (χ2n) is 2.85. The highest BCUT2D eigenvalue weighted by Crippen LogP contribution is 2.09. The molecule has 0 unspecified atom stereocenters. The molecule has 1 aromatic rings. The fourth-order valence-electron chi connectivity index (χ4n) is 1.18. The third-order valence-corrected chi connectivity index (χ3v) is 1.91. The lowest BCUT2D eigenvalue weighted by Gasteiger charge is -2.09. The van der Waals surface area contributed by atoms with Gasteiger partial charge in [-0.05, 0) is 24.3 Å². The van der Waals surface area contributed by atoms with Gasteiger partial charge in [0.2, 0.25) is 0 Å². The number of carbonyl (C=O) groups is 2. The van der Waals surface area contributed by atoms with E-state index in [1.54, 1.807) is 24.3 Å². The highest BCUT2D eigenvalue weighted by atomic mass is 35.5. The van der Waals surface area contributed by atoms with Crippen LogP contribution in [0, 0.1) is 0 Å². The van der Waals surface area contributed by atoms with Crippen molar-refractivity contribution in [2.45, 2.75) is 0 Å². The molecule has 0 saturated carbocycles. The van der Waals surface area contributed by atoms with E-state index in [1.165, 1.54) is 0 Å². The van der Waals surface area contributed by atoms with Gasteiger partial charge >= 0.3 is 11.9 Å². The van der Waals surface area contributed by atoms with Crippen LogP contribution < -0.4 is 0 Å². The zero-order chi connectivity index (χ0) is 9.97. The molecule has 2 aliphatic heterocycles. The Morgan fingerprint density at radius 2 is 1.13 bits per heavy atom. The Morgan fingerprint density at radius 3 is 1.47 bits per heavy atom. The predicted molar refractivity (Wildman–Crippen MR) is 54.3 cm³/mol. The normalized spacial score (nSPS) is 14.9. The van der Waals surface area contributed by atoms with Gasteiger partial charge in [0.05, 0.1) is 11.1 Å². The van der Waals surface area contributed by atoms with Crippen LogP contribution in [-0.4, -0.2) is 25.2 Å². The molecule has 5 heteroatoms. The van der Waals surface area contributed by atoms with Crippen molar-refractivity contribution in [1.29, 1.82) is 0 Å². The number of carbonyl (C=O) groups excluding carboxylic acids is 2. The van der Waals surface area contributed by atoms with E-state index >= 15 is 0 Å². The van der Waals surface area contributed by atoms with Gasteiger partial charge in [-0.1, -0.05) is 0 Å². The Bertz CT molecular complexity index is 335. The largest absolute Gasteiger partial charge is 0.458 e. The molecule has 2 heterocycles. The van der Waals surface area contributed by atoms with Gasteiger partial charge in [0.25, 0.3) is 0 Å². The number of fused-ring (bicyclic) bond motifs is 7. The minimum atomic E-state index is -0.394. The summed E-state index contributed by atoms with van der Waals surface area (Å²) in [5.74, 6) is -0.788. The lowest BCUT2D eigenvalue weighted by Crippen LogP contribution is -2.16. The Hall–Kier alpha value is -1.55. The second kappa shape index (κ2) is 4.79. The molecule has 4 nitrogen and oxygen atoms in total. The maximum atomic E-state index is 11.3. The van der Waals surface area contributed by atoms with Crippen LogP contribution in [0.15, 0.2) is 24.3 Å². The number of hydrogen-bond donors (Lipinski definition) is 0. The molecule has 2 aliphatic rings. The summed E-state index contributed by atoms with van der Waals surface area (Å²) in [6.45, 7) is 0.200. The average molecular weight is 229 g/mol. The van der Waals surface area contributed by atoms with E-state index in [2.05, 4.69) is 0 Å². The Morgan fingerprint density at radius 1 is 0.800 bits per heavy atom. The van der Waals surface area contributed by atoms with Crippen molar-refractivity contribution in [3.05, 3.63) is 35.4 Å². The molecule has 0 aromatic heterocycles. The number of halogens is 1. The van der Waals surface area contributed by atoms with Crippen LogP contribution in [0.5, 0.6) is 0 Å². The van der Waals surface area contributed by atoms with Crippen molar-refractivity contribution >= 4 is 24.3 Å². The average Bonchev–Trinajstić information content (AvgIpc) is 2.23. The van der Waals surface area contributed by atoms with Crippen LogP contribution in [0.1, 0.15) is 20.7 Å². The standard InChI is InChI=1S/C10H8O4.ClH/c11-9-7-1-2-8(4-3-7)10(12)14-6-5-13-9;/h1-4H,5-6H2;1H. The van der Waals surface area contributed by atoms with Crippen molar-refractivity contribution in [3.63, 3.8) is 0 Å². The van der Waals surface area contributed by atoms with Gasteiger partial charge in [-0.15, -0.1) is 12.4 Å². The van der Waals surface area contributed by atoms with E-state index in [-0.39, 0.29) is 25.6 Å². The van der Waals surface area contributed by atoms with E-state index in [0.29, 0.717) is 11.1 Å². The van der Waals surface area contributed by atoms with Crippen LogP contribution >= 0.6 is 12.4 Å². The summed E-state index contributed by atoms with van der Waals surface area (Å²) in [6.07, 6.45) is 0. The zero-order valence-corrected chi connectivity index (χ0v) is 8.58. The second-order valence-corrected chi connectivity index (χ2v) is 2.85. The van der Waals surface area contributed by atoms with E-state index in [0.717, 1.165) is 0 Å². The van der Waals surface area contributed by atoms with Crippen LogP contribution in [0.4, 0.5) is 0 Å². The third-order valence-electron chi connectivity index (χ3n) is 1.91. The van der Waals surface area contributed by atoms with Gasteiger partial charge in [-0.2, -0.15) is 0 Å². The maximum Gasteiger partial charge on any atom is 0.338 e. The summed E-state index contributed by atoms with van der Waals surface area (Å²) in [4.78, 5) is 22.5. The SMILES string of the molecule is Cl.O=C1OCCOC(=O)c2ccc1cc2. The van der Waals surface area contributed by atoms with Crippen LogP contribution in [0.2, 0.25) is 0 Å². The summed E-state index contributed by atoms with van der Waals surface area (Å²) in [7, 11) is 0. The van der Waals surface area contributed by atoms with Gasteiger partial charge in [-0.3, -0.25) is 0 Å². The quantitative estimate of drug-likeness (QED) is 0.631. The Balaban J connectivity index is 0.00000112. The topological polar surface area (TPSA) is 52.6 Å². The first-order chi connectivity index (χ1) is 6.77. The van der Waals surface area contributed by atoms with Crippen molar-refractivity contribution in [2.75, 3.05) is 13.2 Å². The minimum absolute atomic E-state index is 0. The summed E-state index contributed by atoms with van der Waals surface area (Å²) >= 11 is 0. The fourth-order valence-corrected chi connectivity index (χ4v) is 1.18. The molecule has 1 aromatic carbocycles.